The van der Waals surface area contributed by atoms with Crippen LogP contribution in [0.15, 0.2) is 24.5 Å². The van der Waals surface area contributed by atoms with Crippen LogP contribution < -0.4 is 11.1 Å². The molecule has 6 heteroatoms. The Morgan fingerprint density at radius 3 is 2.30 bits per heavy atom. The van der Waals surface area contributed by atoms with E-state index in [1.165, 1.54) is 38.5 Å². The van der Waals surface area contributed by atoms with Gasteiger partial charge in [0.2, 0.25) is 5.91 Å². The number of rotatable bonds is 4. The summed E-state index contributed by atoms with van der Waals surface area (Å²) in [5.41, 5.74) is 10.3. The number of hydrogen-bond donors (Lipinski definition) is 2. The molecule has 0 aromatic carbocycles. The number of carbonyl (C=O) groups excluding carboxylic acids is 1. The minimum absolute atomic E-state index is 0.0867. The highest BCUT2D eigenvalue weighted by Crippen LogP contribution is 2.75. The molecule has 3 N–H and O–H groups in total. The first-order valence-corrected chi connectivity index (χ1v) is 9.96. The van der Waals surface area contributed by atoms with Crippen molar-refractivity contribution in [3.05, 3.63) is 30.1 Å². The zero-order valence-electron chi connectivity index (χ0n) is 16.0. The van der Waals surface area contributed by atoms with Gasteiger partial charge in [0.05, 0.1) is 17.9 Å². The predicted molar refractivity (Wildman–Crippen MR) is 104 cm³/mol. The van der Waals surface area contributed by atoms with Crippen molar-refractivity contribution in [2.24, 2.45) is 29.5 Å². The largest absolute Gasteiger partial charge is 0.320 e. The smallest absolute Gasteiger partial charge is 0.242 e. The number of amides is 1. The van der Waals surface area contributed by atoms with Crippen molar-refractivity contribution in [2.45, 2.75) is 51.5 Å². The molecule has 2 heterocycles. The van der Waals surface area contributed by atoms with Crippen molar-refractivity contribution in [2.75, 3.05) is 5.32 Å². The number of nitrogens with two attached hydrogens (primary N) is 1. The number of carbonyl (C=O) groups is 1. The quantitative estimate of drug-likeness (QED) is 0.872. The van der Waals surface area contributed by atoms with Gasteiger partial charge in [0, 0.05) is 18.8 Å². The van der Waals surface area contributed by atoms with Gasteiger partial charge >= 0.3 is 0 Å². The van der Waals surface area contributed by atoms with E-state index in [0.717, 1.165) is 16.8 Å². The molecular formula is C21H27N5O. The average molecular weight is 365 g/mol. The number of aryl methyl sites for hydroxylation is 2. The Hall–Kier alpha value is -2.21. The highest BCUT2D eigenvalue weighted by atomic mass is 16.2. The van der Waals surface area contributed by atoms with Crippen molar-refractivity contribution in [1.29, 1.82) is 0 Å². The fraction of sp³-hybridized carbons (Fsp3) is 0.571. The Balaban J connectivity index is 1.31. The molecule has 3 aliphatic rings. The standard InChI is InChI=1S/C21H27N5O/c1-13-11-24-26(2)17(13)14-3-4-15(23-12-14)25-19(27)16(22)18-20(5-6-20)9-10-21(18)7-8-21/h3-4,11-12,16,18H,5-10,22H2,1-2H3,(H,23,25,27). The van der Waals surface area contributed by atoms with E-state index in [0.29, 0.717) is 22.6 Å². The zero-order chi connectivity index (χ0) is 18.8. The Labute approximate surface area is 159 Å². The summed E-state index contributed by atoms with van der Waals surface area (Å²) in [6, 6.07) is 3.39. The Morgan fingerprint density at radius 1 is 1.19 bits per heavy atom. The number of nitrogens with zero attached hydrogens (tertiary/aromatic N) is 3. The number of aromatic nitrogens is 3. The van der Waals surface area contributed by atoms with Crippen LogP contribution in [0.2, 0.25) is 0 Å². The number of pyridine rings is 1. The second kappa shape index (κ2) is 5.64. The summed E-state index contributed by atoms with van der Waals surface area (Å²) in [5, 5.41) is 7.23. The highest BCUT2D eigenvalue weighted by molar-refractivity contribution is 5.94. The molecule has 1 amide bonds. The number of hydrogen-bond acceptors (Lipinski definition) is 4. The van der Waals surface area contributed by atoms with Gasteiger partial charge in [-0.3, -0.25) is 9.48 Å². The Kier molecular flexibility index (Phi) is 3.54. The summed E-state index contributed by atoms with van der Waals surface area (Å²) in [6.45, 7) is 2.03. The summed E-state index contributed by atoms with van der Waals surface area (Å²) in [5.74, 6) is 0.824. The summed E-state index contributed by atoms with van der Waals surface area (Å²) < 4.78 is 1.84. The van der Waals surface area contributed by atoms with E-state index in [1.54, 1.807) is 6.20 Å². The van der Waals surface area contributed by atoms with E-state index >= 15 is 0 Å². The van der Waals surface area contributed by atoms with Gasteiger partial charge in [0.1, 0.15) is 5.82 Å². The molecule has 27 heavy (non-hydrogen) atoms. The molecule has 3 fully saturated rings. The van der Waals surface area contributed by atoms with Crippen LogP contribution in [0.4, 0.5) is 5.82 Å². The Bertz CT molecular complexity index is 852. The molecule has 1 atom stereocenters. The van der Waals surface area contributed by atoms with E-state index in [2.05, 4.69) is 15.4 Å². The third kappa shape index (κ3) is 2.61. The lowest BCUT2D eigenvalue weighted by atomic mass is 9.78. The molecule has 6 nitrogen and oxygen atoms in total. The van der Waals surface area contributed by atoms with Crippen LogP contribution in [0.5, 0.6) is 0 Å². The van der Waals surface area contributed by atoms with Crippen LogP contribution in [0, 0.1) is 23.7 Å². The van der Waals surface area contributed by atoms with E-state index in [1.807, 2.05) is 37.0 Å². The highest BCUT2D eigenvalue weighted by Gasteiger charge is 2.68. The monoisotopic (exact) mass is 365 g/mol. The second-order valence-electron chi connectivity index (χ2n) is 8.95. The second-order valence-corrected chi connectivity index (χ2v) is 8.95. The molecule has 2 aromatic heterocycles. The van der Waals surface area contributed by atoms with E-state index in [9.17, 15) is 4.79 Å². The van der Waals surface area contributed by atoms with Crippen LogP contribution in [0.25, 0.3) is 11.3 Å². The average Bonchev–Trinajstić information content (AvgIpc) is 3.53. The fourth-order valence-electron chi connectivity index (χ4n) is 5.59. The normalized spacial score (nSPS) is 22.9. The molecule has 3 aliphatic carbocycles. The first kappa shape index (κ1) is 16.9. The van der Waals surface area contributed by atoms with Gasteiger partial charge in [-0.15, -0.1) is 0 Å². The van der Waals surface area contributed by atoms with Gasteiger partial charge in [-0.05, 0) is 79.9 Å². The predicted octanol–water partition coefficient (Wildman–Crippen LogP) is 3.03. The molecule has 0 radical (unpaired) electrons. The Morgan fingerprint density at radius 2 is 1.81 bits per heavy atom. The first-order valence-electron chi connectivity index (χ1n) is 9.96. The summed E-state index contributed by atoms with van der Waals surface area (Å²) >= 11 is 0. The molecule has 3 saturated carbocycles. The van der Waals surface area contributed by atoms with Gasteiger partial charge in [0.25, 0.3) is 0 Å². The molecule has 1 unspecified atom stereocenters. The summed E-state index contributed by atoms with van der Waals surface area (Å²) in [6.07, 6.45) is 11.1. The van der Waals surface area contributed by atoms with Crippen LogP contribution in [-0.4, -0.2) is 26.7 Å². The summed E-state index contributed by atoms with van der Waals surface area (Å²) in [7, 11) is 1.92. The van der Waals surface area contributed by atoms with Crippen molar-refractivity contribution >= 4 is 11.7 Å². The fourth-order valence-corrected chi connectivity index (χ4v) is 5.59. The van der Waals surface area contributed by atoms with Crippen molar-refractivity contribution in [3.63, 3.8) is 0 Å². The maximum Gasteiger partial charge on any atom is 0.242 e. The molecule has 2 aromatic rings. The lowest BCUT2D eigenvalue weighted by Gasteiger charge is -2.29. The minimum atomic E-state index is -0.432. The zero-order valence-corrected chi connectivity index (χ0v) is 16.0. The third-order valence-electron chi connectivity index (χ3n) is 7.30. The molecule has 142 valence electrons. The minimum Gasteiger partial charge on any atom is -0.320 e. The molecule has 0 saturated heterocycles. The maximum atomic E-state index is 12.9. The van der Waals surface area contributed by atoms with Crippen molar-refractivity contribution in [1.82, 2.24) is 14.8 Å². The molecule has 2 spiro atoms. The topological polar surface area (TPSA) is 85.8 Å². The van der Waals surface area contributed by atoms with E-state index in [4.69, 9.17) is 5.73 Å². The van der Waals surface area contributed by atoms with Crippen LogP contribution >= 0.6 is 0 Å². The maximum absolute atomic E-state index is 12.9. The molecule has 0 bridgehead atoms. The van der Waals surface area contributed by atoms with Gasteiger partial charge in [-0.1, -0.05) is 0 Å². The van der Waals surface area contributed by atoms with Crippen LogP contribution in [-0.2, 0) is 11.8 Å². The molecular weight excluding hydrogens is 338 g/mol. The lowest BCUT2D eigenvalue weighted by Crippen LogP contribution is -2.46. The SMILES string of the molecule is Cc1cnn(C)c1-c1ccc(NC(=O)C(N)C2C3(CC3)CCC23CC3)nc1. The van der Waals surface area contributed by atoms with Crippen molar-refractivity contribution in [3.8, 4) is 11.3 Å². The lowest BCUT2D eigenvalue weighted by molar-refractivity contribution is -0.119. The van der Waals surface area contributed by atoms with Gasteiger partial charge in [-0.2, -0.15) is 5.10 Å². The van der Waals surface area contributed by atoms with Crippen molar-refractivity contribution < 1.29 is 4.79 Å². The number of anilines is 1. The third-order valence-corrected chi connectivity index (χ3v) is 7.30. The summed E-state index contributed by atoms with van der Waals surface area (Å²) in [4.78, 5) is 17.3. The van der Waals surface area contributed by atoms with Crippen LogP contribution in [0.3, 0.4) is 0 Å². The molecule has 0 aliphatic heterocycles. The van der Waals surface area contributed by atoms with Gasteiger partial charge in [-0.25, -0.2) is 4.98 Å². The molecule has 5 rings (SSSR count). The van der Waals surface area contributed by atoms with E-state index < -0.39 is 6.04 Å². The number of nitrogens with one attached hydrogen (secondary N) is 1. The van der Waals surface area contributed by atoms with E-state index in [-0.39, 0.29) is 5.91 Å². The van der Waals surface area contributed by atoms with Crippen LogP contribution in [0.1, 0.15) is 44.1 Å². The first-order chi connectivity index (χ1) is 12.9. The van der Waals surface area contributed by atoms with Gasteiger partial charge in [0.15, 0.2) is 0 Å². The van der Waals surface area contributed by atoms with Gasteiger partial charge < -0.3 is 11.1 Å².